The Kier molecular flexibility index (Phi) is 3.24. The lowest BCUT2D eigenvalue weighted by atomic mass is 9.85. The molecular weight excluding hydrogens is 254 g/mol. The number of aryl methyl sites for hydroxylation is 1. The van der Waals surface area contributed by atoms with Gasteiger partial charge < -0.3 is 4.90 Å². The Labute approximate surface area is 99.0 Å². The topological polar surface area (TPSA) is 29.0 Å². The third kappa shape index (κ3) is 2.68. The van der Waals surface area contributed by atoms with Crippen LogP contribution in [0, 0.1) is 12.8 Å². The van der Waals surface area contributed by atoms with E-state index in [1.807, 2.05) is 6.92 Å². The Morgan fingerprint density at radius 3 is 2.87 bits per heavy atom. The van der Waals surface area contributed by atoms with Gasteiger partial charge in [-0.3, -0.25) is 0 Å². The molecule has 1 aliphatic carbocycles. The summed E-state index contributed by atoms with van der Waals surface area (Å²) in [6, 6.07) is 2.08. The lowest BCUT2D eigenvalue weighted by Gasteiger charge is -2.34. The van der Waals surface area contributed by atoms with Gasteiger partial charge >= 0.3 is 0 Å². The number of hydrogen-bond acceptors (Lipinski definition) is 3. The van der Waals surface area contributed by atoms with E-state index in [2.05, 4.69) is 44.1 Å². The summed E-state index contributed by atoms with van der Waals surface area (Å²) in [4.78, 5) is 2.93. The smallest absolute Gasteiger partial charge is 0.151 e. The predicted molar refractivity (Wildman–Crippen MR) is 65.5 cm³/mol. The van der Waals surface area contributed by atoms with Crippen molar-refractivity contribution in [1.82, 2.24) is 10.2 Å². The molecule has 1 aliphatic rings. The second kappa shape index (κ2) is 4.47. The number of aromatic nitrogens is 2. The summed E-state index contributed by atoms with van der Waals surface area (Å²) in [6.07, 6.45) is 4.35. The van der Waals surface area contributed by atoms with E-state index in [9.17, 15) is 0 Å². The van der Waals surface area contributed by atoms with Gasteiger partial charge in [0.2, 0.25) is 0 Å². The van der Waals surface area contributed by atoms with Gasteiger partial charge in [0.25, 0.3) is 0 Å². The first-order valence-electron chi connectivity index (χ1n) is 5.29. The minimum atomic E-state index is 0.736. The maximum atomic E-state index is 4.13. The third-order valence-corrected chi connectivity index (χ3v) is 3.63. The molecule has 0 spiro atoms. The average Bonchev–Trinajstić information content (AvgIpc) is 2.15. The normalized spacial score (nSPS) is 24.7. The Morgan fingerprint density at radius 2 is 2.27 bits per heavy atom. The molecule has 0 atom stereocenters. The van der Waals surface area contributed by atoms with Gasteiger partial charge in [-0.2, -0.15) is 5.10 Å². The van der Waals surface area contributed by atoms with Crippen molar-refractivity contribution < 1.29 is 0 Å². The van der Waals surface area contributed by atoms with Gasteiger partial charge in [-0.1, -0.05) is 15.9 Å². The van der Waals surface area contributed by atoms with E-state index in [0.717, 1.165) is 23.1 Å². The summed E-state index contributed by atoms with van der Waals surface area (Å²) in [5.74, 6) is 1.79. The van der Waals surface area contributed by atoms with Crippen LogP contribution in [-0.4, -0.2) is 28.6 Å². The first kappa shape index (κ1) is 10.9. The maximum Gasteiger partial charge on any atom is 0.151 e. The van der Waals surface area contributed by atoms with E-state index >= 15 is 0 Å². The minimum Gasteiger partial charge on any atom is -0.358 e. The monoisotopic (exact) mass is 269 g/mol. The molecule has 0 aromatic carbocycles. The van der Waals surface area contributed by atoms with Crippen molar-refractivity contribution in [2.45, 2.75) is 24.6 Å². The lowest BCUT2D eigenvalue weighted by molar-refractivity contribution is 0.338. The molecule has 0 saturated heterocycles. The van der Waals surface area contributed by atoms with Gasteiger partial charge in [0.15, 0.2) is 5.82 Å². The molecule has 0 aliphatic heterocycles. The number of anilines is 1. The molecule has 2 rings (SSSR count). The summed E-state index contributed by atoms with van der Waals surface area (Å²) in [5.41, 5.74) is 1.17. The molecule has 0 bridgehead atoms. The maximum absolute atomic E-state index is 4.13. The summed E-state index contributed by atoms with van der Waals surface area (Å²) in [5, 5.41) is 8.10. The molecule has 3 nitrogen and oxygen atoms in total. The fraction of sp³-hybridized carbons (Fsp3) is 0.636. The quantitative estimate of drug-likeness (QED) is 0.790. The number of alkyl halides is 1. The van der Waals surface area contributed by atoms with Gasteiger partial charge in [-0.05, 0) is 37.3 Å². The van der Waals surface area contributed by atoms with E-state index in [-0.39, 0.29) is 0 Å². The van der Waals surface area contributed by atoms with Crippen LogP contribution in [0.25, 0.3) is 0 Å². The van der Waals surface area contributed by atoms with Crippen LogP contribution in [0.4, 0.5) is 5.82 Å². The Hall–Kier alpha value is -0.640. The van der Waals surface area contributed by atoms with Crippen molar-refractivity contribution in [2.75, 3.05) is 18.5 Å². The summed E-state index contributed by atoms with van der Waals surface area (Å²) in [6.45, 7) is 3.13. The largest absolute Gasteiger partial charge is 0.358 e. The minimum absolute atomic E-state index is 0.736. The average molecular weight is 270 g/mol. The van der Waals surface area contributed by atoms with Gasteiger partial charge in [0, 0.05) is 18.4 Å². The van der Waals surface area contributed by atoms with Crippen LogP contribution < -0.4 is 4.90 Å². The van der Waals surface area contributed by atoms with Gasteiger partial charge in [-0.25, -0.2) is 0 Å². The third-order valence-electron chi connectivity index (χ3n) is 2.88. The Morgan fingerprint density at radius 1 is 1.53 bits per heavy atom. The highest BCUT2D eigenvalue weighted by Crippen LogP contribution is 2.34. The van der Waals surface area contributed by atoms with Crippen molar-refractivity contribution in [3.05, 3.63) is 17.8 Å². The van der Waals surface area contributed by atoms with Gasteiger partial charge in [-0.15, -0.1) is 5.10 Å². The van der Waals surface area contributed by atoms with Crippen LogP contribution in [0.2, 0.25) is 0 Å². The Bertz CT molecular complexity index is 336. The highest BCUT2D eigenvalue weighted by atomic mass is 79.9. The highest BCUT2D eigenvalue weighted by molar-refractivity contribution is 9.09. The van der Waals surface area contributed by atoms with Crippen LogP contribution >= 0.6 is 15.9 Å². The fourth-order valence-corrected chi connectivity index (χ4v) is 2.98. The molecule has 1 saturated carbocycles. The molecule has 1 heterocycles. The van der Waals surface area contributed by atoms with Crippen molar-refractivity contribution in [2.24, 2.45) is 5.92 Å². The first-order chi connectivity index (χ1) is 7.15. The van der Waals surface area contributed by atoms with Crippen molar-refractivity contribution >= 4 is 21.7 Å². The zero-order valence-electron chi connectivity index (χ0n) is 9.15. The zero-order chi connectivity index (χ0) is 10.8. The highest BCUT2D eigenvalue weighted by Gasteiger charge is 2.27. The number of hydrogen-bond donors (Lipinski definition) is 0. The number of rotatable bonds is 3. The van der Waals surface area contributed by atoms with Crippen LogP contribution in [0.1, 0.15) is 18.4 Å². The summed E-state index contributed by atoms with van der Waals surface area (Å²) >= 11 is 3.61. The second-order valence-electron chi connectivity index (χ2n) is 4.41. The molecule has 1 aromatic rings. The summed E-state index contributed by atoms with van der Waals surface area (Å²) < 4.78 is 0. The standard InChI is InChI=1S/C11H16BrN3/c1-8-3-11(14-13-6-8)15(2)7-9-4-10(12)5-9/h3,6,9-10H,4-5,7H2,1-2H3. The number of nitrogens with zero attached hydrogens (tertiary/aromatic N) is 3. The first-order valence-corrected chi connectivity index (χ1v) is 6.21. The fourth-order valence-electron chi connectivity index (χ4n) is 1.92. The molecule has 0 unspecified atom stereocenters. The molecule has 0 radical (unpaired) electrons. The molecule has 1 aromatic heterocycles. The van der Waals surface area contributed by atoms with Crippen LogP contribution in [0.5, 0.6) is 0 Å². The van der Waals surface area contributed by atoms with E-state index in [0.29, 0.717) is 0 Å². The summed E-state index contributed by atoms with van der Waals surface area (Å²) in [7, 11) is 2.09. The van der Waals surface area contributed by atoms with Crippen LogP contribution in [-0.2, 0) is 0 Å². The van der Waals surface area contributed by atoms with E-state index in [1.54, 1.807) is 6.20 Å². The van der Waals surface area contributed by atoms with Gasteiger partial charge in [0.05, 0.1) is 6.20 Å². The molecule has 15 heavy (non-hydrogen) atoms. The lowest BCUT2D eigenvalue weighted by Crippen LogP contribution is -2.35. The van der Waals surface area contributed by atoms with Crippen LogP contribution in [0.3, 0.4) is 0 Å². The van der Waals surface area contributed by atoms with Gasteiger partial charge in [0.1, 0.15) is 0 Å². The second-order valence-corrected chi connectivity index (χ2v) is 5.70. The SMILES string of the molecule is Cc1cnnc(N(C)CC2CC(Br)C2)c1. The van der Waals surface area contributed by atoms with E-state index in [4.69, 9.17) is 0 Å². The predicted octanol–water partition coefficient (Wildman–Crippen LogP) is 2.39. The van der Waals surface area contributed by atoms with E-state index in [1.165, 1.54) is 18.4 Å². The zero-order valence-corrected chi connectivity index (χ0v) is 10.7. The molecular formula is C11H16BrN3. The number of halogens is 1. The molecule has 82 valence electrons. The van der Waals surface area contributed by atoms with Crippen molar-refractivity contribution in [1.29, 1.82) is 0 Å². The van der Waals surface area contributed by atoms with Crippen molar-refractivity contribution in [3.8, 4) is 0 Å². The van der Waals surface area contributed by atoms with Crippen LogP contribution in [0.15, 0.2) is 12.3 Å². The van der Waals surface area contributed by atoms with Crippen molar-refractivity contribution in [3.63, 3.8) is 0 Å². The molecule has 4 heteroatoms. The Balaban J connectivity index is 1.93. The van der Waals surface area contributed by atoms with E-state index < -0.39 is 0 Å². The molecule has 0 N–H and O–H groups in total. The molecule has 1 fully saturated rings. The molecule has 0 amide bonds.